The Balaban J connectivity index is 1.54. The molecule has 2 aromatic carbocycles. The van der Waals surface area contributed by atoms with E-state index in [2.05, 4.69) is 35.8 Å². The SMILES string of the molecule is C#Cc1nc2ccc(-c3c(-c4ccc(Oc5nccc(C)n5)c(F)c4)c4c(N)ncnc4n3C)cc2[nH]1. The van der Waals surface area contributed by atoms with E-state index < -0.39 is 5.82 Å². The molecule has 0 saturated carbocycles. The molecule has 6 aromatic rings. The summed E-state index contributed by atoms with van der Waals surface area (Å²) in [5.41, 5.74) is 12.0. The number of hydrogen-bond donors (Lipinski definition) is 2. The zero-order valence-corrected chi connectivity index (χ0v) is 19.8. The van der Waals surface area contributed by atoms with E-state index in [1.807, 2.05) is 29.8 Å². The molecule has 0 radical (unpaired) electrons. The number of aromatic amines is 1. The molecule has 6 rings (SSSR count). The summed E-state index contributed by atoms with van der Waals surface area (Å²) in [5.74, 6) is 2.66. The molecule has 0 amide bonds. The Kier molecular flexibility index (Phi) is 5.05. The third-order valence-corrected chi connectivity index (χ3v) is 6.08. The Morgan fingerprint density at radius 2 is 1.89 bits per heavy atom. The minimum Gasteiger partial charge on any atom is -0.421 e. The lowest BCUT2D eigenvalue weighted by atomic mass is 9.98. The van der Waals surface area contributed by atoms with Crippen LogP contribution in [-0.4, -0.2) is 34.5 Å². The van der Waals surface area contributed by atoms with Crippen LogP contribution >= 0.6 is 0 Å². The second-order valence-electron chi connectivity index (χ2n) is 8.43. The van der Waals surface area contributed by atoms with Crippen molar-refractivity contribution in [1.82, 2.24) is 34.5 Å². The Morgan fingerprint density at radius 3 is 2.68 bits per heavy atom. The maximum absolute atomic E-state index is 15.3. The minimum absolute atomic E-state index is 0.000974. The van der Waals surface area contributed by atoms with E-state index in [1.54, 1.807) is 25.3 Å². The molecule has 0 aliphatic rings. The number of anilines is 1. The summed E-state index contributed by atoms with van der Waals surface area (Å²) in [7, 11) is 1.88. The summed E-state index contributed by atoms with van der Waals surface area (Å²) in [4.78, 5) is 24.4. The van der Waals surface area contributed by atoms with Crippen molar-refractivity contribution < 1.29 is 9.13 Å². The topological polar surface area (TPSA) is 120 Å². The Bertz CT molecular complexity index is 1880. The predicted molar refractivity (Wildman–Crippen MR) is 138 cm³/mol. The summed E-state index contributed by atoms with van der Waals surface area (Å²) in [6, 6.07) is 12.2. The second-order valence-corrected chi connectivity index (χ2v) is 8.43. The molecule has 3 N–H and O–H groups in total. The molecule has 0 aliphatic heterocycles. The van der Waals surface area contributed by atoms with E-state index in [9.17, 15) is 0 Å². The van der Waals surface area contributed by atoms with Gasteiger partial charge in [-0.1, -0.05) is 12.1 Å². The van der Waals surface area contributed by atoms with Crippen molar-refractivity contribution in [1.29, 1.82) is 0 Å². The van der Waals surface area contributed by atoms with Crippen molar-refractivity contribution in [3.05, 3.63) is 72.3 Å². The zero-order chi connectivity index (χ0) is 25.7. The molecule has 4 heterocycles. The Hall–Kier alpha value is -5.30. The van der Waals surface area contributed by atoms with Crippen LogP contribution in [0.1, 0.15) is 11.5 Å². The average Bonchev–Trinajstić information content (AvgIpc) is 3.44. The van der Waals surface area contributed by atoms with Crippen molar-refractivity contribution >= 4 is 27.9 Å². The first-order valence-electron chi connectivity index (χ1n) is 11.3. The Morgan fingerprint density at radius 1 is 1.05 bits per heavy atom. The van der Waals surface area contributed by atoms with Gasteiger partial charge in [-0.15, -0.1) is 6.42 Å². The number of H-pyrrole nitrogens is 1. The van der Waals surface area contributed by atoms with Gasteiger partial charge in [-0.05, 0) is 48.7 Å². The highest BCUT2D eigenvalue weighted by molar-refractivity contribution is 6.08. The molecule has 0 aliphatic carbocycles. The number of rotatable bonds is 4. The van der Waals surface area contributed by atoms with Crippen LogP contribution in [0.15, 0.2) is 55.0 Å². The molecule has 180 valence electrons. The van der Waals surface area contributed by atoms with Crippen molar-refractivity contribution in [2.45, 2.75) is 6.92 Å². The number of hydrogen-bond acceptors (Lipinski definition) is 7. The van der Waals surface area contributed by atoms with Gasteiger partial charge in [0, 0.05) is 30.1 Å². The zero-order valence-electron chi connectivity index (χ0n) is 19.8. The molecule has 0 spiro atoms. The number of nitrogen functional groups attached to an aromatic ring is 1. The molecule has 0 saturated heterocycles. The van der Waals surface area contributed by atoms with Gasteiger partial charge < -0.3 is 20.0 Å². The maximum atomic E-state index is 15.3. The van der Waals surface area contributed by atoms with Crippen LogP contribution < -0.4 is 10.5 Å². The quantitative estimate of drug-likeness (QED) is 0.342. The second kappa shape index (κ2) is 8.42. The van der Waals surface area contributed by atoms with Gasteiger partial charge in [0.25, 0.3) is 0 Å². The van der Waals surface area contributed by atoms with E-state index in [4.69, 9.17) is 16.9 Å². The van der Waals surface area contributed by atoms with Crippen LogP contribution in [0.5, 0.6) is 11.8 Å². The number of benzene rings is 2. The van der Waals surface area contributed by atoms with Gasteiger partial charge in [0.2, 0.25) is 0 Å². The number of terminal acetylenes is 1. The molecule has 37 heavy (non-hydrogen) atoms. The van der Waals surface area contributed by atoms with E-state index in [-0.39, 0.29) is 17.6 Å². The number of nitrogens with one attached hydrogen (secondary N) is 1. The van der Waals surface area contributed by atoms with Crippen LogP contribution in [0.25, 0.3) is 44.5 Å². The van der Waals surface area contributed by atoms with Gasteiger partial charge >= 0.3 is 6.01 Å². The van der Waals surface area contributed by atoms with Crippen LogP contribution in [-0.2, 0) is 7.05 Å². The van der Waals surface area contributed by atoms with Crippen molar-refractivity contribution in [2.24, 2.45) is 7.05 Å². The molecule has 0 unspecified atom stereocenters. The molecule has 0 bridgehead atoms. The molecule has 0 atom stereocenters. The number of nitrogens with zero attached hydrogens (tertiary/aromatic N) is 6. The van der Waals surface area contributed by atoms with Gasteiger partial charge in [-0.2, -0.15) is 0 Å². The van der Waals surface area contributed by atoms with Gasteiger partial charge in [-0.25, -0.2) is 29.3 Å². The normalized spacial score (nSPS) is 11.2. The first-order chi connectivity index (χ1) is 17.9. The number of halogens is 1. The fraction of sp³-hybridized carbons (Fsp3) is 0.0741. The van der Waals surface area contributed by atoms with Crippen LogP contribution in [0.3, 0.4) is 0 Å². The lowest BCUT2D eigenvalue weighted by molar-refractivity contribution is 0.410. The molecule has 4 aromatic heterocycles. The lowest BCUT2D eigenvalue weighted by Gasteiger charge is -2.11. The standard InChI is InChI=1S/C27H19FN8O/c1-4-21-34-18-7-5-16(12-19(18)35-21)24-22(23-25(29)31-13-32-26(23)36(24)3)15-6-8-20(17(28)11-15)37-27-30-10-9-14(2)33-27/h1,5-13H,2-3H3,(H,34,35)(H2,29,31,32). The van der Waals surface area contributed by atoms with Gasteiger partial charge in [0.05, 0.1) is 22.1 Å². The third kappa shape index (κ3) is 3.70. The number of imidazole rings is 1. The summed E-state index contributed by atoms with van der Waals surface area (Å²) >= 11 is 0. The molecule has 10 heteroatoms. The summed E-state index contributed by atoms with van der Waals surface area (Å²) in [6.45, 7) is 1.80. The smallest absolute Gasteiger partial charge is 0.322 e. The third-order valence-electron chi connectivity index (χ3n) is 6.08. The number of nitrogens with two attached hydrogens (primary N) is 1. The summed E-state index contributed by atoms with van der Waals surface area (Å²) < 4.78 is 22.8. The molecular weight excluding hydrogens is 471 g/mol. The number of aryl methyl sites for hydroxylation is 2. The molecule has 0 fully saturated rings. The highest BCUT2D eigenvalue weighted by Crippen LogP contribution is 2.43. The fourth-order valence-corrected chi connectivity index (χ4v) is 4.43. The monoisotopic (exact) mass is 490 g/mol. The maximum Gasteiger partial charge on any atom is 0.322 e. The van der Waals surface area contributed by atoms with Crippen molar-refractivity contribution in [3.8, 4) is 46.5 Å². The van der Waals surface area contributed by atoms with Gasteiger partial charge in [-0.3, -0.25) is 0 Å². The van der Waals surface area contributed by atoms with Gasteiger partial charge in [0.1, 0.15) is 17.8 Å². The highest BCUT2D eigenvalue weighted by atomic mass is 19.1. The first-order valence-corrected chi connectivity index (χ1v) is 11.3. The van der Waals surface area contributed by atoms with Crippen LogP contribution in [0, 0.1) is 25.1 Å². The molecular formula is C27H19FN8O. The van der Waals surface area contributed by atoms with E-state index >= 15 is 4.39 Å². The number of ether oxygens (including phenoxy) is 1. The molecule has 9 nitrogen and oxygen atoms in total. The largest absolute Gasteiger partial charge is 0.421 e. The highest BCUT2D eigenvalue weighted by Gasteiger charge is 2.23. The van der Waals surface area contributed by atoms with Crippen molar-refractivity contribution in [3.63, 3.8) is 0 Å². The number of aromatic nitrogens is 7. The van der Waals surface area contributed by atoms with Crippen LogP contribution in [0.4, 0.5) is 10.2 Å². The summed E-state index contributed by atoms with van der Waals surface area (Å²) in [5, 5.41) is 0.615. The van der Waals surface area contributed by atoms with Crippen molar-refractivity contribution in [2.75, 3.05) is 5.73 Å². The van der Waals surface area contributed by atoms with Gasteiger partial charge in [0.15, 0.2) is 17.4 Å². The minimum atomic E-state index is -0.580. The van der Waals surface area contributed by atoms with E-state index in [0.717, 1.165) is 22.3 Å². The average molecular weight is 491 g/mol. The van der Waals surface area contributed by atoms with Crippen LogP contribution in [0.2, 0.25) is 0 Å². The fourth-order valence-electron chi connectivity index (χ4n) is 4.43. The summed E-state index contributed by atoms with van der Waals surface area (Å²) in [6.07, 6.45) is 8.46. The first kappa shape index (κ1) is 22.2. The lowest BCUT2D eigenvalue weighted by Crippen LogP contribution is -1.96. The predicted octanol–water partition coefficient (Wildman–Crippen LogP) is 4.77. The Labute approximate surface area is 210 Å². The van der Waals surface area contributed by atoms with E-state index in [1.165, 1.54) is 18.5 Å². The van der Waals surface area contributed by atoms with E-state index in [0.29, 0.717) is 33.7 Å². The number of fused-ring (bicyclic) bond motifs is 2.